The average molecular weight is 441 g/mol. The number of halogens is 1. The van der Waals surface area contributed by atoms with Gasteiger partial charge in [0.05, 0.1) is 5.56 Å². The lowest BCUT2D eigenvalue weighted by Crippen LogP contribution is -2.62. The first kappa shape index (κ1) is 24.5. The molecule has 1 aromatic rings. The van der Waals surface area contributed by atoms with E-state index in [2.05, 4.69) is 4.98 Å². The molecule has 1 aromatic heterocycles. The maximum absolute atomic E-state index is 16.0. The maximum atomic E-state index is 16.0. The predicted octanol–water partition coefficient (Wildman–Crippen LogP) is -4.17. The third-order valence-electron chi connectivity index (χ3n) is 5.33. The van der Waals surface area contributed by atoms with E-state index in [0.29, 0.717) is 0 Å². The van der Waals surface area contributed by atoms with Gasteiger partial charge in [-0.15, -0.1) is 0 Å². The Hall–Kier alpha value is -1.80. The minimum atomic E-state index is -3.10. The number of ether oxygens (including phenoxy) is 2. The van der Waals surface area contributed by atoms with Crippen LogP contribution in [0.25, 0.3) is 0 Å². The summed E-state index contributed by atoms with van der Waals surface area (Å²) in [6, 6.07) is -1.05. The Balaban J connectivity index is 2.51. The standard InChI is InChI=1S/C15H23B3FN3O7S/c1-5(2)7(20)11(27)28-15(17,18)13(19)8(24)9(25)14(16,29-13)22-3-6(4-23)10(26)21-12(22)30/h3-5,7-9,24-25H,16-18,20H2,1-2H3,(H,21,26,30)/t7-,8-,9+,13-,14-/m0/s1. The van der Waals surface area contributed by atoms with Crippen molar-refractivity contribution in [1.29, 1.82) is 0 Å². The number of aliphatic hydroxyl groups excluding tert-OH is 2. The van der Waals surface area contributed by atoms with Gasteiger partial charge in [-0.25, -0.2) is 4.39 Å². The Morgan fingerprint density at radius 3 is 2.57 bits per heavy atom. The second kappa shape index (κ2) is 8.04. The molecule has 0 aromatic carbocycles. The summed E-state index contributed by atoms with van der Waals surface area (Å²) in [6.07, 6.45) is -2.89. The highest BCUT2D eigenvalue weighted by atomic mass is 32.1. The van der Waals surface area contributed by atoms with Crippen molar-refractivity contribution in [1.82, 2.24) is 9.55 Å². The molecule has 2 heterocycles. The Morgan fingerprint density at radius 1 is 1.50 bits per heavy atom. The first-order valence-corrected chi connectivity index (χ1v) is 9.58. The van der Waals surface area contributed by atoms with Crippen LogP contribution < -0.4 is 11.3 Å². The molecule has 0 radical (unpaired) electrons. The van der Waals surface area contributed by atoms with E-state index in [-0.39, 0.29) is 22.5 Å². The van der Waals surface area contributed by atoms with Crippen molar-refractivity contribution < 1.29 is 33.7 Å². The molecule has 0 bridgehead atoms. The molecule has 5 atom stereocenters. The van der Waals surface area contributed by atoms with Crippen molar-refractivity contribution in [2.24, 2.45) is 11.7 Å². The molecule has 30 heavy (non-hydrogen) atoms. The predicted molar refractivity (Wildman–Crippen MR) is 113 cm³/mol. The van der Waals surface area contributed by atoms with E-state index in [0.717, 1.165) is 26.5 Å². The Bertz CT molecular complexity index is 974. The molecule has 10 nitrogen and oxygen atoms in total. The van der Waals surface area contributed by atoms with E-state index >= 15 is 4.39 Å². The first-order chi connectivity index (χ1) is 13.6. The quantitative estimate of drug-likeness (QED) is 0.149. The van der Waals surface area contributed by atoms with Crippen LogP contribution in [0.1, 0.15) is 24.2 Å². The molecule has 1 aliphatic rings. The molecule has 1 saturated heterocycles. The Morgan fingerprint density at radius 2 is 2.07 bits per heavy atom. The SMILES string of the molecule is BC(B)(OC(=O)[C@@H](N)C(C)C)[C@@]1(F)O[C@@](B)(n2cc(C=O)c(=O)[nH]c2=S)[C@H](O)[C@@H]1O. The fourth-order valence-corrected chi connectivity index (χ4v) is 3.48. The number of aromatic nitrogens is 2. The van der Waals surface area contributed by atoms with Gasteiger partial charge in [-0.2, -0.15) is 0 Å². The van der Waals surface area contributed by atoms with Gasteiger partial charge in [0.25, 0.3) is 11.4 Å². The molecule has 0 unspecified atom stereocenters. The van der Waals surface area contributed by atoms with E-state index in [1.54, 1.807) is 13.8 Å². The minimum absolute atomic E-state index is 0.243. The molecular weight excluding hydrogens is 418 g/mol. The van der Waals surface area contributed by atoms with Crippen molar-refractivity contribution in [3.63, 3.8) is 0 Å². The van der Waals surface area contributed by atoms with E-state index in [9.17, 15) is 24.6 Å². The Labute approximate surface area is 179 Å². The van der Waals surface area contributed by atoms with E-state index in [1.807, 2.05) is 0 Å². The summed E-state index contributed by atoms with van der Waals surface area (Å²) in [5.41, 5.74) is 2.54. The number of aliphatic hydroxyl groups is 2. The number of rotatable bonds is 6. The van der Waals surface area contributed by atoms with Crippen LogP contribution in [-0.4, -0.2) is 85.1 Å². The number of carbonyl (C=O) groups is 2. The van der Waals surface area contributed by atoms with Crippen LogP contribution in [0.3, 0.4) is 0 Å². The molecule has 2 rings (SSSR count). The van der Waals surface area contributed by atoms with Crippen LogP contribution in [0.4, 0.5) is 4.39 Å². The molecule has 1 fully saturated rings. The molecule has 0 aliphatic carbocycles. The normalized spacial score (nSPS) is 30.2. The number of hydrogen-bond donors (Lipinski definition) is 4. The number of nitrogens with two attached hydrogens (primary N) is 1. The van der Waals surface area contributed by atoms with Crippen LogP contribution in [0.5, 0.6) is 0 Å². The van der Waals surface area contributed by atoms with Gasteiger partial charge in [0, 0.05) is 6.20 Å². The molecular formula is C15H23B3FN3O7S. The van der Waals surface area contributed by atoms with E-state index in [4.69, 9.17) is 27.4 Å². The monoisotopic (exact) mass is 441 g/mol. The third-order valence-corrected chi connectivity index (χ3v) is 5.62. The highest BCUT2D eigenvalue weighted by molar-refractivity contribution is 7.71. The first-order valence-electron chi connectivity index (χ1n) is 9.17. The lowest BCUT2D eigenvalue weighted by molar-refractivity contribution is -0.250. The molecule has 15 heteroatoms. The van der Waals surface area contributed by atoms with Crippen LogP contribution in [-0.2, 0) is 19.9 Å². The lowest BCUT2D eigenvalue weighted by atomic mass is 9.59. The number of alkyl halides is 1. The van der Waals surface area contributed by atoms with Gasteiger partial charge in [0.2, 0.25) is 0 Å². The number of aromatic amines is 1. The van der Waals surface area contributed by atoms with Gasteiger partial charge >= 0.3 is 5.97 Å². The topological polar surface area (TPSA) is 157 Å². The number of esters is 1. The van der Waals surface area contributed by atoms with Crippen molar-refractivity contribution >= 4 is 48.0 Å². The van der Waals surface area contributed by atoms with Gasteiger partial charge in [0.1, 0.15) is 29.3 Å². The second-order valence-corrected chi connectivity index (χ2v) is 8.61. The van der Waals surface area contributed by atoms with Gasteiger partial charge in [-0.1, -0.05) is 13.8 Å². The largest absolute Gasteiger partial charge is 0.471 e. The summed E-state index contributed by atoms with van der Waals surface area (Å²) in [4.78, 5) is 37.4. The Kier molecular flexibility index (Phi) is 6.56. The summed E-state index contributed by atoms with van der Waals surface area (Å²) in [6.45, 7) is 3.35. The molecule has 0 spiro atoms. The fourth-order valence-electron chi connectivity index (χ4n) is 3.15. The lowest BCUT2D eigenvalue weighted by Gasteiger charge is -2.40. The van der Waals surface area contributed by atoms with Crippen molar-refractivity contribution in [3.05, 3.63) is 26.9 Å². The summed E-state index contributed by atoms with van der Waals surface area (Å²) >= 11 is 5.04. The maximum Gasteiger partial charge on any atom is 0.322 e. The number of nitrogens with zero attached hydrogens (tertiary/aromatic N) is 1. The molecule has 1 aliphatic heterocycles. The van der Waals surface area contributed by atoms with Gasteiger partial charge in [-0.05, 0) is 18.1 Å². The summed E-state index contributed by atoms with van der Waals surface area (Å²) in [7, 11) is 3.51. The van der Waals surface area contributed by atoms with Gasteiger partial charge in [0.15, 0.2) is 34.6 Å². The molecule has 0 saturated carbocycles. The van der Waals surface area contributed by atoms with Crippen LogP contribution in [0.2, 0.25) is 0 Å². The zero-order valence-electron chi connectivity index (χ0n) is 17.2. The van der Waals surface area contributed by atoms with Gasteiger partial charge < -0.3 is 30.0 Å². The van der Waals surface area contributed by atoms with Crippen LogP contribution >= 0.6 is 12.2 Å². The fraction of sp³-hybridized carbons (Fsp3) is 0.600. The zero-order chi connectivity index (χ0) is 23.2. The van der Waals surface area contributed by atoms with Crippen LogP contribution in [0.15, 0.2) is 11.0 Å². The van der Waals surface area contributed by atoms with Gasteiger partial charge in [-0.3, -0.25) is 19.4 Å². The molecule has 162 valence electrons. The molecule has 0 amide bonds. The van der Waals surface area contributed by atoms with Crippen molar-refractivity contribution in [3.8, 4) is 0 Å². The van der Waals surface area contributed by atoms with Crippen molar-refractivity contribution in [2.75, 3.05) is 0 Å². The summed E-state index contributed by atoms with van der Waals surface area (Å²) in [5, 5.41) is 19.1. The van der Waals surface area contributed by atoms with Crippen LogP contribution in [0, 0.1) is 10.7 Å². The number of nitrogens with one attached hydrogen (secondary N) is 1. The van der Waals surface area contributed by atoms with E-state index in [1.165, 1.54) is 7.85 Å². The smallest absolute Gasteiger partial charge is 0.322 e. The zero-order valence-corrected chi connectivity index (χ0v) is 18.0. The number of carbonyl (C=O) groups excluding carboxylic acids is 2. The highest BCUT2D eigenvalue weighted by Crippen LogP contribution is 2.46. The molecule has 5 N–H and O–H groups in total. The minimum Gasteiger partial charge on any atom is -0.471 e. The average Bonchev–Trinajstić information content (AvgIpc) is 2.82. The third kappa shape index (κ3) is 3.80. The number of H-pyrrole nitrogens is 1. The number of aldehydes is 1. The van der Waals surface area contributed by atoms with E-state index < -0.39 is 46.7 Å². The summed E-state index contributed by atoms with van der Waals surface area (Å²) < 4.78 is 27.3. The highest BCUT2D eigenvalue weighted by Gasteiger charge is 2.68. The van der Waals surface area contributed by atoms with Crippen molar-refractivity contribution in [2.45, 2.75) is 49.0 Å². The second-order valence-electron chi connectivity index (χ2n) is 8.22. The summed E-state index contributed by atoms with van der Waals surface area (Å²) in [5.74, 6) is -4.31. The number of hydrogen-bond acceptors (Lipinski definition) is 9.